The Hall–Kier alpha value is -2.93. The highest BCUT2D eigenvalue weighted by atomic mass is 15.3. The summed E-state index contributed by atoms with van der Waals surface area (Å²) in [6.45, 7) is 9.23. The van der Waals surface area contributed by atoms with Crippen molar-refractivity contribution in [2.45, 2.75) is 46.1 Å². The molecule has 3 aromatic rings. The normalized spacial score (nSPS) is 11.1. The van der Waals surface area contributed by atoms with Gasteiger partial charge in [-0.3, -0.25) is 0 Å². The number of rotatable bonds is 5. The highest BCUT2D eigenvalue weighted by Crippen LogP contribution is 2.24. The van der Waals surface area contributed by atoms with E-state index < -0.39 is 0 Å². The van der Waals surface area contributed by atoms with Crippen molar-refractivity contribution >= 4 is 0 Å². The van der Waals surface area contributed by atoms with Gasteiger partial charge in [0.15, 0.2) is 5.82 Å². The van der Waals surface area contributed by atoms with Gasteiger partial charge in [-0.1, -0.05) is 70.2 Å². The summed E-state index contributed by atoms with van der Waals surface area (Å²) in [6.07, 6.45) is 0. The summed E-state index contributed by atoms with van der Waals surface area (Å²) >= 11 is 0. The highest BCUT2D eigenvalue weighted by molar-refractivity contribution is 5.70. The van der Waals surface area contributed by atoms with Crippen LogP contribution in [0.5, 0.6) is 0 Å². The second-order valence-electron chi connectivity index (χ2n) is 7.15. The SMILES string of the molecule is CC(C)c1nc(C(C)C)n(Cc2ccc(-c3ccccc3C#N)cc2)n1. The zero-order valence-corrected chi connectivity index (χ0v) is 15.8. The molecule has 0 unspecified atom stereocenters. The maximum absolute atomic E-state index is 9.29. The minimum atomic E-state index is 0.318. The summed E-state index contributed by atoms with van der Waals surface area (Å²) in [4.78, 5) is 4.71. The summed E-state index contributed by atoms with van der Waals surface area (Å²) < 4.78 is 2.01. The van der Waals surface area contributed by atoms with Gasteiger partial charge < -0.3 is 0 Å². The largest absolute Gasteiger partial charge is 0.245 e. The van der Waals surface area contributed by atoms with E-state index >= 15 is 0 Å². The van der Waals surface area contributed by atoms with E-state index in [1.807, 2.05) is 28.9 Å². The van der Waals surface area contributed by atoms with Crippen molar-refractivity contribution in [1.29, 1.82) is 5.26 Å². The molecule has 0 N–H and O–H groups in total. The highest BCUT2D eigenvalue weighted by Gasteiger charge is 2.15. The predicted octanol–water partition coefficient (Wildman–Crippen LogP) is 5.11. The molecule has 0 saturated carbocycles. The van der Waals surface area contributed by atoms with Crippen LogP contribution in [0.15, 0.2) is 48.5 Å². The van der Waals surface area contributed by atoms with Gasteiger partial charge in [-0.2, -0.15) is 10.4 Å². The Morgan fingerprint density at radius 2 is 1.65 bits per heavy atom. The van der Waals surface area contributed by atoms with E-state index in [2.05, 4.69) is 58.0 Å². The Kier molecular flexibility index (Phi) is 5.18. The van der Waals surface area contributed by atoms with Crippen molar-refractivity contribution in [2.24, 2.45) is 0 Å². The third-order valence-corrected chi connectivity index (χ3v) is 4.39. The van der Waals surface area contributed by atoms with Crippen molar-refractivity contribution in [3.8, 4) is 17.2 Å². The molecule has 4 heteroatoms. The van der Waals surface area contributed by atoms with Gasteiger partial charge >= 0.3 is 0 Å². The number of hydrogen-bond acceptors (Lipinski definition) is 3. The molecule has 0 radical (unpaired) electrons. The summed E-state index contributed by atoms with van der Waals surface area (Å²) in [5.74, 6) is 2.57. The van der Waals surface area contributed by atoms with Crippen LogP contribution in [0.25, 0.3) is 11.1 Å². The van der Waals surface area contributed by atoms with Crippen LogP contribution < -0.4 is 0 Å². The Morgan fingerprint density at radius 3 is 2.27 bits per heavy atom. The predicted molar refractivity (Wildman–Crippen MR) is 104 cm³/mol. The first-order chi connectivity index (χ1) is 12.5. The van der Waals surface area contributed by atoms with E-state index in [-0.39, 0.29) is 0 Å². The Balaban J connectivity index is 1.88. The van der Waals surface area contributed by atoms with Gasteiger partial charge in [0.25, 0.3) is 0 Å². The molecule has 3 rings (SSSR count). The molecule has 1 heterocycles. The molecule has 0 atom stereocenters. The number of nitrogens with zero attached hydrogens (tertiary/aromatic N) is 4. The average molecular weight is 344 g/mol. The molecule has 0 bridgehead atoms. The molecule has 1 aromatic heterocycles. The molecule has 0 spiro atoms. The van der Waals surface area contributed by atoms with Crippen LogP contribution in [0, 0.1) is 11.3 Å². The fourth-order valence-electron chi connectivity index (χ4n) is 2.96. The lowest BCUT2D eigenvalue weighted by Crippen LogP contribution is -2.08. The third kappa shape index (κ3) is 3.67. The smallest absolute Gasteiger partial charge is 0.153 e. The van der Waals surface area contributed by atoms with Crippen LogP contribution in [0.1, 0.15) is 62.3 Å². The second-order valence-corrected chi connectivity index (χ2v) is 7.15. The zero-order chi connectivity index (χ0) is 18.7. The lowest BCUT2D eigenvalue weighted by molar-refractivity contribution is 0.600. The minimum absolute atomic E-state index is 0.318. The molecule has 0 fully saturated rings. The van der Waals surface area contributed by atoms with Crippen molar-refractivity contribution in [1.82, 2.24) is 14.8 Å². The molecule has 132 valence electrons. The third-order valence-electron chi connectivity index (χ3n) is 4.39. The monoisotopic (exact) mass is 344 g/mol. The number of hydrogen-bond donors (Lipinski definition) is 0. The second kappa shape index (κ2) is 7.53. The van der Waals surface area contributed by atoms with Gasteiger partial charge in [0.05, 0.1) is 18.2 Å². The first-order valence-corrected chi connectivity index (χ1v) is 9.02. The van der Waals surface area contributed by atoms with Gasteiger partial charge in [-0.25, -0.2) is 9.67 Å². The Labute approximate surface area is 155 Å². The topological polar surface area (TPSA) is 54.5 Å². The summed E-state index contributed by atoms with van der Waals surface area (Å²) in [5, 5.41) is 14.0. The summed E-state index contributed by atoms with van der Waals surface area (Å²) in [5.41, 5.74) is 3.88. The van der Waals surface area contributed by atoms with Crippen molar-refractivity contribution in [3.05, 3.63) is 71.3 Å². The van der Waals surface area contributed by atoms with Crippen molar-refractivity contribution in [2.75, 3.05) is 0 Å². The molecule has 0 aliphatic heterocycles. The van der Waals surface area contributed by atoms with E-state index in [4.69, 9.17) is 10.1 Å². The van der Waals surface area contributed by atoms with Gasteiger partial charge in [0.1, 0.15) is 5.82 Å². The van der Waals surface area contributed by atoms with E-state index in [9.17, 15) is 5.26 Å². The molecule has 2 aromatic carbocycles. The van der Waals surface area contributed by atoms with E-state index in [1.54, 1.807) is 0 Å². The fraction of sp³-hybridized carbons (Fsp3) is 0.318. The Morgan fingerprint density at radius 1 is 0.962 bits per heavy atom. The molecule has 4 nitrogen and oxygen atoms in total. The minimum Gasteiger partial charge on any atom is -0.245 e. The molecule has 26 heavy (non-hydrogen) atoms. The molecular formula is C22H24N4. The van der Waals surface area contributed by atoms with Crippen molar-refractivity contribution in [3.63, 3.8) is 0 Å². The van der Waals surface area contributed by atoms with Crippen LogP contribution in [-0.4, -0.2) is 14.8 Å². The maximum atomic E-state index is 9.29. The van der Waals surface area contributed by atoms with Crippen LogP contribution in [0.2, 0.25) is 0 Å². The van der Waals surface area contributed by atoms with Crippen LogP contribution in [0.4, 0.5) is 0 Å². The van der Waals surface area contributed by atoms with Crippen LogP contribution >= 0.6 is 0 Å². The van der Waals surface area contributed by atoms with E-state index in [0.29, 0.717) is 23.9 Å². The molecule has 0 aliphatic carbocycles. The average Bonchev–Trinajstić information content (AvgIpc) is 3.07. The summed E-state index contributed by atoms with van der Waals surface area (Å²) in [6, 6.07) is 18.3. The molecular weight excluding hydrogens is 320 g/mol. The molecule has 0 saturated heterocycles. The van der Waals surface area contributed by atoms with E-state index in [0.717, 1.165) is 22.8 Å². The van der Waals surface area contributed by atoms with Gasteiger partial charge in [0.2, 0.25) is 0 Å². The molecule has 0 amide bonds. The zero-order valence-electron chi connectivity index (χ0n) is 15.8. The fourth-order valence-corrected chi connectivity index (χ4v) is 2.96. The van der Waals surface area contributed by atoms with E-state index in [1.165, 1.54) is 5.56 Å². The number of aromatic nitrogens is 3. The van der Waals surface area contributed by atoms with Gasteiger partial charge in [0, 0.05) is 11.8 Å². The lowest BCUT2D eigenvalue weighted by Gasteiger charge is -2.09. The van der Waals surface area contributed by atoms with Gasteiger partial charge in [-0.15, -0.1) is 0 Å². The first-order valence-electron chi connectivity index (χ1n) is 9.02. The Bertz CT molecular complexity index is 928. The maximum Gasteiger partial charge on any atom is 0.153 e. The van der Waals surface area contributed by atoms with Crippen LogP contribution in [0.3, 0.4) is 0 Å². The number of benzene rings is 2. The van der Waals surface area contributed by atoms with Crippen molar-refractivity contribution < 1.29 is 0 Å². The first kappa shape index (κ1) is 17.9. The van der Waals surface area contributed by atoms with Crippen LogP contribution in [-0.2, 0) is 6.54 Å². The summed E-state index contributed by atoms with van der Waals surface area (Å²) in [7, 11) is 0. The number of nitriles is 1. The lowest BCUT2D eigenvalue weighted by atomic mass is 9.99. The standard InChI is InChI=1S/C22H24N4/c1-15(2)21-24-22(16(3)4)26(25-21)14-17-9-11-18(12-10-17)20-8-6-5-7-19(20)13-23/h5-12,15-16H,14H2,1-4H3. The quantitative estimate of drug-likeness (QED) is 0.646. The van der Waals surface area contributed by atoms with Gasteiger partial charge in [-0.05, 0) is 22.8 Å². The molecule has 0 aliphatic rings.